The molecule has 2 aromatic rings. The molecular formula is C16H16N4O8S. The van der Waals surface area contributed by atoms with Gasteiger partial charge in [-0.3, -0.25) is 18.7 Å². The molecule has 1 heterocycles. The van der Waals surface area contributed by atoms with Gasteiger partial charge >= 0.3 is 5.97 Å². The van der Waals surface area contributed by atoms with E-state index in [0.29, 0.717) is 6.07 Å². The minimum atomic E-state index is -4.65. The fourth-order valence-electron chi connectivity index (χ4n) is 2.55. The highest BCUT2D eigenvalue weighted by molar-refractivity contribution is 7.85. The smallest absolute Gasteiger partial charge is 0.338 e. The summed E-state index contributed by atoms with van der Waals surface area (Å²) >= 11 is 0. The van der Waals surface area contributed by atoms with Crippen LogP contribution in [0.3, 0.4) is 0 Å². The summed E-state index contributed by atoms with van der Waals surface area (Å²) in [6.07, 6.45) is 0. The largest absolute Gasteiger partial charge is 0.494 e. The molecule has 1 amide bonds. The number of azo groups is 1. The number of aromatic hydroxyl groups is 1. The van der Waals surface area contributed by atoms with E-state index in [2.05, 4.69) is 10.2 Å². The Morgan fingerprint density at radius 1 is 1.24 bits per heavy atom. The second-order valence-corrected chi connectivity index (χ2v) is 7.17. The van der Waals surface area contributed by atoms with Crippen molar-refractivity contribution >= 4 is 33.4 Å². The summed E-state index contributed by atoms with van der Waals surface area (Å²) in [5.74, 6) is -3.21. The summed E-state index contributed by atoms with van der Waals surface area (Å²) in [7, 11) is -4.65. The number of nitrogens with zero attached hydrogens (tertiary/aromatic N) is 3. The average molecular weight is 424 g/mol. The van der Waals surface area contributed by atoms with Crippen LogP contribution >= 0.6 is 0 Å². The molecule has 154 valence electrons. The maximum Gasteiger partial charge on any atom is 0.338 e. The lowest BCUT2D eigenvalue weighted by molar-refractivity contribution is 0.0697. The zero-order valence-electron chi connectivity index (χ0n) is 15.1. The standard InChI is InChI=1S/C16H16N4O8S/c1-3-20-14(22)11(13(17)21)7(2)12(15(20)23)19-18-10-5-4-8(29(26,27)28)6-9(10)16(24)25/h4-6,22H,3H2,1-2H3,(H2,17,21)(H,24,25)(H,26,27,28). The molecule has 1 aromatic heterocycles. The third-order valence-electron chi connectivity index (χ3n) is 3.97. The van der Waals surface area contributed by atoms with Gasteiger partial charge in [0.2, 0.25) is 5.88 Å². The van der Waals surface area contributed by atoms with Gasteiger partial charge in [0.1, 0.15) is 11.3 Å². The van der Waals surface area contributed by atoms with Gasteiger partial charge in [-0.05, 0) is 32.0 Å². The highest BCUT2D eigenvalue weighted by Crippen LogP contribution is 2.29. The van der Waals surface area contributed by atoms with E-state index < -0.39 is 43.9 Å². The van der Waals surface area contributed by atoms with Crippen LogP contribution in [0.4, 0.5) is 11.4 Å². The average Bonchev–Trinajstić information content (AvgIpc) is 2.60. The number of carbonyl (C=O) groups excluding carboxylic acids is 1. The van der Waals surface area contributed by atoms with Gasteiger partial charge in [-0.15, -0.1) is 10.2 Å². The molecule has 0 atom stereocenters. The van der Waals surface area contributed by atoms with Gasteiger partial charge in [0.15, 0.2) is 5.69 Å². The number of amides is 1. The van der Waals surface area contributed by atoms with Gasteiger partial charge in [-0.25, -0.2) is 4.79 Å². The monoisotopic (exact) mass is 424 g/mol. The van der Waals surface area contributed by atoms with Crippen molar-refractivity contribution in [2.24, 2.45) is 16.0 Å². The molecule has 0 unspecified atom stereocenters. The number of nitrogens with two attached hydrogens (primary N) is 1. The van der Waals surface area contributed by atoms with Gasteiger partial charge in [0.05, 0.1) is 10.5 Å². The number of aromatic carboxylic acids is 1. The molecule has 1 aromatic carbocycles. The van der Waals surface area contributed by atoms with Crippen molar-refractivity contribution in [1.29, 1.82) is 0 Å². The fraction of sp³-hybridized carbons (Fsp3) is 0.188. The summed E-state index contributed by atoms with van der Waals surface area (Å²) in [6, 6.07) is 2.55. The topological polar surface area (TPSA) is 202 Å². The van der Waals surface area contributed by atoms with Gasteiger partial charge in [0, 0.05) is 12.1 Å². The number of hydrogen-bond acceptors (Lipinski definition) is 8. The molecule has 0 aliphatic carbocycles. The van der Waals surface area contributed by atoms with Crippen molar-refractivity contribution in [2.75, 3.05) is 0 Å². The third-order valence-corrected chi connectivity index (χ3v) is 4.82. The minimum Gasteiger partial charge on any atom is -0.494 e. The molecule has 13 heteroatoms. The van der Waals surface area contributed by atoms with Crippen molar-refractivity contribution in [2.45, 2.75) is 25.3 Å². The number of aromatic nitrogens is 1. The van der Waals surface area contributed by atoms with Crippen molar-refractivity contribution in [3.8, 4) is 5.88 Å². The van der Waals surface area contributed by atoms with Crippen molar-refractivity contribution < 1.29 is 32.8 Å². The lowest BCUT2D eigenvalue weighted by Gasteiger charge is -2.13. The molecule has 0 fully saturated rings. The van der Waals surface area contributed by atoms with Crippen LogP contribution in [0.2, 0.25) is 0 Å². The Morgan fingerprint density at radius 3 is 2.34 bits per heavy atom. The number of carbonyl (C=O) groups is 2. The molecule has 2 rings (SSSR count). The van der Waals surface area contributed by atoms with Gasteiger partial charge in [-0.1, -0.05) is 0 Å². The third kappa shape index (κ3) is 4.14. The van der Waals surface area contributed by atoms with Gasteiger partial charge in [-0.2, -0.15) is 8.42 Å². The summed E-state index contributed by atoms with van der Waals surface area (Å²) in [6.45, 7) is 2.81. The first-order valence-corrected chi connectivity index (χ1v) is 9.36. The van der Waals surface area contributed by atoms with Crippen LogP contribution in [0.15, 0.2) is 38.1 Å². The minimum absolute atomic E-state index is 0.0167. The zero-order valence-corrected chi connectivity index (χ0v) is 16.0. The number of primary amides is 1. The lowest BCUT2D eigenvalue weighted by atomic mass is 10.1. The molecule has 0 spiro atoms. The highest BCUT2D eigenvalue weighted by atomic mass is 32.2. The van der Waals surface area contributed by atoms with Crippen LogP contribution in [0, 0.1) is 6.92 Å². The molecule has 0 bridgehead atoms. The first kappa shape index (κ1) is 21.7. The zero-order chi connectivity index (χ0) is 22.1. The SMILES string of the molecule is CCn1c(O)c(C(N)=O)c(C)c(N=Nc2ccc(S(=O)(=O)O)cc2C(=O)O)c1=O. The predicted molar refractivity (Wildman–Crippen MR) is 98.7 cm³/mol. The summed E-state index contributed by atoms with van der Waals surface area (Å²) in [5.41, 5.74) is 2.73. The summed E-state index contributed by atoms with van der Waals surface area (Å²) in [4.78, 5) is 34.9. The Bertz CT molecular complexity index is 1210. The molecule has 0 saturated carbocycles. The summed E-state index contributed by atoms with van der Waals surface area (Å²) < 4.78 is 32.3. The molecule has 0 saturated heterocycles. The molecular weight excluding hydrogens is 408 g/mol. The van der Waals surface area contributed by atoms with E-state index in [9.17, 15) is 33.0 Å². The van der Waals surface area contributed by atoms with Gasteiger partial charge in [0.25, 0.3) is 21.6 Å². The normalized spacial score (nSPS) is 11.7. The van der Waals surface area contributed by atoms with Crippen LogP contribution in [0.5, 0.6) is 5.88 Å². The number of carboxylic acid groups (broad SMARTS) is 1. The Morgan fingerprint density at radius 2 is 1.86 bits per heavy atom. The fourth-order valence-corrected chi connectivity index (χ4v) is 3.06. The molecule has 12 nitrogen and oxygen atoms in total. The Balaban J connectivity index is 2.72. The second kappa shape index (κ2) is 7.81. The lowest BCUT2D eigenvalue weighted by Crippen LogP contribution is -2.25. The van der Waals surface area contributed by atoms with Gasteiger partial charge < -0.3 is 15.9 Å². The molecule has 29 heavy (non-hydrogen) atoms. The molecule has 0 aliphatic heterocycles. The predicted octanol–water partition coefficient (Wildman–Crippen LogP) is 1.34. The maximum atomic E-state index is 12.5. The van der Waals surface area contributed by atoms with E-state index in [1.165, 1.54) is 13.8 Å². The van der Waals surface area contributed by atoms with Crippen LogP contribution in [-0.2, 0) is 16.7 Å². The van der Waals surface area contributed by atoms with E-state index >= 15 is 0 Å². The van der Waals surface area contributed by atoms with Crippen LogP contribution in [0.25, 0.3) is 0 Å². The van der Waals surface area contributed by atoms with Crippen LogP contribution in [-0.4, -0.2) is 39.6 Å². The van der Waals surface area contributed by atoms with Crippen LogP contribution < -0.4 is 11.3 Å². The first-order chi connectivity index (χ1) is 13.4. The second-order valence-electron chi connectivity index (χ2n) is 5.75. The Hall–Kier alpha value is -3.58. The van der Waals surface area contributed by atoms with E-state index in [4.69, 9.17) is 10.3 Å². The van der Waals surface area contributed by atoms with E-state index in [1.807, 2.05) is 0 Å². The highest BCUT2D eigenvalue weighted by Gasteiger charge is 2.22. The van der Waals surface area contributed by atoms with E-state index in [0.717, 1.165) is 16.7 Å². The van der Waals surface area contributed by atoms with Crippen LogP contribution in [0.1, 0.15) is 33.2 Å². The number of pyridine rings is 1. The molecule has 0 aliphatic rings. The molecule has 0 radical (unpaired) electrons. The van der Waals surface area contributed by atoms with Crippen molar-refractivity contribution in [3.05, 3.63) is 45.2 Å². The van der Waals surface area contributed by atoms with Crippen molar-refractivity contribution in [3.63, 3.8) is 0 Å². The first-order valence-electron chi connectivity index (χ1n) is 7.92. The maximum absolute atomic E-state index is 12.5. The van der Waals surface area contributed by atoms with E-state index in [-0.39, 0.29) is 29.0 Å². The number of benzene rings is 1. The Kier molecular flexibility index (Phi) is 5.85. The van der Waals surface area contributed by atoms with E-state index in [1.54, 1.807) is 0 Å². The number of rotatable bonds is 6. The quantitative estimate of drug-likeness (QED) is 0.392. The molecule has 5 N–H and O–H groups in total. The number of hydrogen-bond donors (Lipinski definition) is 4. The Labute approximate surface area is 163 Å². The van der Waals surface area contributed by atoms with Crippen molar-refractivity contribution in [1.82, 2.24) is 4.57 Å². The number of carboxylic acids is 1. The summed E-state index contributed by atoms with van der Waals surface area (Å²) in [5, 5.41) is 26.7.